The predicted molar refractivity (Wildman–Crippen MR) is 72.1 cm³/mol. The monoisotopic (exact) mass is 303 g/mol. The van der Waals surface area contributed by atoms with Gasteiger partial charge in [-0.25, -0.2) is 4.79 Å². The maximum absolute atomic E-state index is 11.7. The number of esters is 1. The zero-order valence-electron chi connectivity index (χ0n) is 10.6. The van der Waals surface area contributed by atoms with Crippen LogP contribution in [0.4, 0.5) is 0 Å². The van der Waals surface area contributed by atoms with Gasteiger partial charge in [0.1, 0.15) is 0 Å². The quantitative estimate of drug-likeness (QED) is 0.414. The summed E-state index contributed by atoms with van der Waals surface area (Å²) in [4.78, 5) is 12.6. The largest absolute Gasteiger partial charge is 0.619 e. The first-order valence-corrected chi connectivity index (χ1v) is 6.82. The van der Waals surface area contributed by atoms with Crippen molar-refractivity contribution in [1.29, 1.82) is 0 Å². The number of ether oxygens (including phenoxy) is 1. The van der Waals surface area contributed by atoms with Crippen LogP contribution in [0.2, 0.25) is 0 Å². The average Bonchev–Trinajstić information content (AvgIpc) is 3.16. The van der Waals surface area contributed by atoms with Crippen molar-refractivity contribution in [2.75, 3.05) is 0 Å². The molecule has 3 aromatic heterocycles. The molecule has 0 spiro atoms. The predicted octanol–water partition coefficient (Wildman–Crippen LogP) is 1.79. The Kier molecular flexibility index (Phi) is 3.61. The zero-order valence-corrected chi connectivity index (χ0v) is 11.4. The van der Waals surface area contributed by atoms with E-state index in [2.05, 4.69) is 10.2 Å². The Morgan fingerprint density at radius 3 is 2.86 bits per heavy atom. The highest BCUT2D eigenvalue weighted by Gasteiger charge is 2.13. The molecule has 0 aliphatic rings. The minimum atomic E-state index is -0.563. The minimum Gasteiger partial charge on any atom is -0.619 e. The molecule has 0 bridgehead atoms. The highest BCUT2D eigenvalue weighted by atomic mass is 32.1. The lowest BCUT2D eigenvalue weighted by Gasteiger charge is -2.01. The SMILES string of the molecule is O=C(OCc1nnc(-c2cccs2)o1)c1cc[n+]([O-])cc1. The van der Waals surface area contributed by atoms with E-state index >= 15 is 0 Å². The molecule has 0 unspecified atom stereocenters. The van der Waals surface area contributed by atoms with Crippen molar-refractivity contribution in [1.82, 2.24) is 10.2 Å². The fourth-order valence-corrected chi connectivity index (χ4v) is 2.22. The van der Waals surface area contributed by atoms with Crippen LogP contribution in [-0.2, 0) is 11.3 Å². The van der Waals surface area contributed by atoms with Gasteiger partial charge in [-0.1, -0.05) is 6.07 Å². The second-order valence-corrected chi connectivity index (χ2v) is 4.95. The Bertz CT molecular complexity index is 737. The molecule has 0 aliphatic heterocycles. The number of rotatable bonds is 4. The van der Waals surface area contributed by atoms with Crippen molar-refractivity contribution in [2.45, 2.75) is 6.61 Å². The smallest absolute Gasteiger partial charge is 0.339 e. The normalized spacial score (nSPS) is 10.5. The van der Waals surface area contributed by atoms with Gasteiger partial charge in [0.25, 0.3) is 11.8 Å². The number of aromatic nitrogens is 3. The molecule has 3 heterocycles. The van der Waals surface area contributed by atoms with Crippen LogP contribution in [-0.4, -0.2) is 16.2 Å². The molecule has 0 N–H and O–H groups in total. The summed E-state index contributed by atoms with van der Waals surface area (Å²) in [5.41, 5.74) is 0.278. The van der Waals surface area contributed by atoms with E-state index < -0.39 is 5.97 Å². The van der Waals surface area contributed by atoms with Crippen LogP contribution in [0.1, 0.15) is 16.2 Å². The van der Waals surface area contributed by atoms with Gasteiger partial charge in [0.15, 0.2) is 19.0 Å². The van der Waals surface area contributed by atoms with Gasteiger partial charge in [0.2, 0.25) is 0 Å². The van der Waals surface area contributed by atoms with Crippen LogP contribution in [0.3, 0.4) is 0 Å². The Hall–Kier alpha value is -2.74. The van der Waals surface area contributed by atoms with Crippen LogP contribution in [0.15, 0.2) is 46.5 Å². The second-order valence-electron chi connectivity index (χ2n) is 4.00. The standard InChI is InChI=1S/C13H9N3O4S/c17-13(9-3-5-16(18)6-4-9)19-8-11-14-15-12(20-11)10-2-1-7-21-10/h1-7H,8H2. The summed E-state index contributed by atoms with van der Waals surface area (Å²) in [5.74, 6) is 0.0381. The number of nitrogens with zero attached hydrogens (tertiary/aromatic N) is 3. The van der Waals surface area contributed by atoms with Crippen molar-refractivity contribution in [3.63, 3.8) is 0 Å². The van der Waals surface area contributed by atoms with E-state index in [1.165, 1.54) is 35.9 Å². The van der Waals surface area contributed by atoms with Crippen molar-refractivity contribution in [3.8, 4) is 10.8 Å². The molecule has 0 aliphatic carbocycles. The van der Waals surface area contributed by atoms with E-state index in [-0.39, 0.29) is 18.1 Å². The van der Waals surface area contributed by atoms with E-state index in [1.54, 1.807) is 0 Å². The Labute approximate surface area is 123 Å². The molecular weight excluding hydrogens is 294 g/mol. The van der Waals surface area contributed by atoms with Crippen molar-refractivity contribution in [3.05, 3.63) is 58.7 Å². The maximum Gasteiger partial charge on any atom is 0.339 e. The minimum absolute atomic E-state index is 0.122. The molecule has 0 fully saturated rings. The third-order valence-corrected chi connectivity index (χ3v) is 3.42. The summed E-state index contributed by atoms with van der Waals surface area (Å²) in [6.07, 6.45) is 2.44. The van der Waals surface area contributed by atoms with Crippen LogP contribution in [0, 0.1) is 5.21 Å². The number of hydrogen-bond acceptors (Lipinski definition) is 7. The first kappa shape index (κ1) is 13.3. The highest BCUT2D eigenvalue weighted by Crippen LogP contribution is 2.23. The first-order valence-electron chi connectivity index (χ1n) is 5.94. The molecule has 3 aromatic rings. The third-order valence-electron chi connectivity index (χ3n) is 2.56. The molecule has 7 nitrogen and oxygen atoms in total. The first-order chi connectivity index (χ1) is 10.2. The highest BCUT2D eigenvalue weighted by molar-refractivity contribution is 7.13. The summed E-state index contributed by atoms with van der Waals surface area (Å²) in [7, 11) is 0. The zero-order chi connectivity index (χ0) is 14.7. The van der Waals surface area contributed by atoms with E-state index in [4.69, 9.17) is 9.15 Å². The summed E-state index contributed by atoms with van der Waals surface area (Å²) in [6.45, 7) is -0.122. The average molecular weight is 303 g/mol. The van der Waals surface area contributed by atoms with E-state index in [0.717, 1.165) is 4.88 Å². The van der Waals surface area contributed by atoms with Gasteiger partial charge in [-0.2, -0.15) is 4.73 Å². The molecule has 3 rings (SSSR count). The fourth-order valence-electron chi connectivity index (χ4n) is 1.57. The summed E-state index contributed by atoms with van der Waals surface area (Å²) >= 11 is 1.48. The van der Waals surface area contributed by atoms with Crippen molar-refractivity contribution >= 4 is 17.3 Å². The van der Waals surface area contributed by atoms with Gasteiger partial charge in [0, 0.05) is 12.1 Å². The van der Waals surface area contributed by atoms with Gasteiger partial charge in [0.05, 0.1) is 10.4 Å². The number of pyridine rings is 1. The summed E-state index contributed by atoms with van der Waals surface area (Å²) in [5, 5.41) is 20.5. The number of carbonyl (C=O) groups is 1. The van der Waals surface area contributed by atoms with Crippen LogP contribution in [0.25, 0.3) is 10.8 Å². The molecule has 0 amide bonds. The van der Waals surface area contributed by atoms with Crippen LogP contribution < -0.4 is 4.73 Å². The number of thiophene rings is 1. The topological polar surface area (TPSA) is 92.2 Å². The number of hydrogen-bond donors (Lipinski definition) is 0. The van der Waals surface area contributed by atoms with Gasteiger partial charge >= 0.3 is 5.97 Å². The van der Waals surface area contributed by atoms with Crippen molar-refractivity contribution in [2.24, 2.45) is 0 Å². The van der Waals surface area contributed by atoms with Gasteiger partial charge in [-0.3, -0.25) is 0 Å². The van der Waals surface area contributed by atoms with Gasteiger partial charge < -0.3 is 14.4 Å². The molecule has 0 saturated carbocycles. The fraction of sp³-hybridized carbons (Fsp3) is 0.0769. The molecular formula is C13H9N3O4S. The van der Waals surface area contributed by atoms with Gasteiger partial charge in [-0.05, 0) is 11.4 Å². The second kappa shape index (κ2) is 5.71. The molecule has 21 heavy (non-hydrogen) atoms. The van der Waals surface area contributed by atoms with E-state index in [9.17, 15) is 10.0 Å². The third kappa shape index (κ3) is 3.06. The molecule has 0 radical (unpaired) electrons. The molecule has 0 aromatic carbocycles. The molecule has 0 saturated heterocycles. The van der Waals surface area contributed by atoms with Crippen LogP contribution >= 0.6 is 11.3 Å². The van der Waals surface area contributed by atoms with E-state index in [0.29, 0.717) is 10.6 Å². The molecule has 106 valence electrons. The molecule has 0 atom stereocenters. The Morgan fingerprint density at radius 2 is 2.14 bits per heavy atom. The summed E-state index contributed by atoms with van der Waals surface area (Å²) in [6, 6.07) is 6.48. The lowest BCUT2D eigenvalue weighted by atomic mass is 10.3. The summed E-state index contributed by atoms with van der Waals surface area (Å²) < 4.78 is 11.0. The lowest BCUT2D eigenvalue weighted by molar-refractivity contribution is -0.605. The number of carbonyl (C=O) groups excluding carboxylic acids is 1. The lowest BCUT2D eigenvalue weighted by Crippen LogP contribution is -2.24. The van der Waals surface area contributed by atoms with E-state index in [1.807, 2.05) is 17.5 Å². The van der Waals surface area contributed by atoms with Gasteiger partial charge in [-0.15, -0.1) is 21.5 Å². The molecule has 8 heteroatoms. The van der Waals surface area contributed by atoms with Crippen molar-refractivity contribution < 1.29 is 18.7 Å². The van der Waals surface area contributed by atoms with Crippen LogP contribution in [0.5, 0.6) is 0 Å². The Balaban J connectivity index is 1.62. The Morgan fingerprint density at radius 1 is 1.33 bits per heavy atom. The maximum atomic E-state index is 11.7.